The van der Waals surface area contributed by atoms with E-state index in [4.69, 9.17) is 16.7 Å². The summed E-state index contributed by atoms with van der Waals surface area (Å²) in [5.41, 5.74) is -0.214. The fourth-order valence-corrected chi connectivity index (χ4v) is 4.26. The highest BCUT2D eigenvalue weighted by Gasteiger charge is 2.42. The van der Waals surface area contributed by atoms with Gasteiger partial charge in [0.2, 0.25) is 17.7 Å². The lowest BCUT2D eigenvalue weighted by Gasteiger charge is -2.35. The molecule has 1 saturated heterocycles. The Morgan fingerprint density at radius 2 is 1.82 bits per heavy atom. The van der Waals surface area contributed by atoms with Crippen molar-refractivity contribution >= 4 is 53.2 Å². The molecule has 4 amide bonds. The Hall–Kier alpha value is -3.47. The molecule has 2 rings (SSSR count). The van der Waals surface area contributed by atoms with Gasteiger partial charge in [-0.1, -0.05) is 46.2 Å². The second-order valence-electron chi connectivity index (χ2n) is 10.6. The number of nitrogens with one attached hydrogen (secondary N) is 3. The first-order valence-corrected chi connectivity index (χ1v) is 12.7. The van der Waals surface area contributed by atoms with E-state index in [1.54, 1.807) is 34.6 Å². The summed E-state index contributed by atoms with van der Waals surface area (Å²) in [5.74, 6) is -3.41. The van der Waals surface area contributed by atoms with E-state index in [-0.39, 0.29) is 29.0 Å². The van der Waals surface area contributed by atoms with E-state index >= 15 is 0 Å². The van der Waals surface area contributed by atoms with Gasteiger partial charge in [-0.05, 0) is 36.5 Å². The van der Waals surface area contributed by atoms with Gasteiger partial charge in [0.25, 0.3) is 5.91 Å². The minimum Gasteiger partial charge on any atom is -0.481 e. The van der Waals surface area contributed by atoms with Crippen LogP contribution in [-0.4, -0.2) is 70.6 Å². The summed E-state index contributed by atoms with van der Waals surface area (Å²) in [6, 6.07) is 1.29. The van der Waals surface area contributed by atoms with E-state index in [9.17, 15) is 28.8 Å². The van der Waals surface area contributed by atoms with Crippen LogP contribution in [0.25, 0.3) is 0 Å². The summed E-state index contributed by atoms with van der Waals surface area (Å²) < 4.78 is 0. The standard InChI is InChI=1S/C26H35ClN4O7/c1-14(2)22(35)28-15-8-9-17(18(27)11-15)23(36)30-21(26(3,4)5)25(38)31-10-6-7-19(31)24(37)29-16(13-32)12-20(33)34/h8-9,11,13-14,16,19,21H,6-7,10,12H2,1-5H3,(H,28,35)(H,29,37)(H,30,36)(H,33,34)/t16-,19-,21+/m0/s1. The monoisotopic (exact) mass is 550 g/mol. The Balaban J connectivity index is 2.21. The number of halogens is 1. The molecule has 38 heavy (non-hydrogen) atoms. The van der Waals surface area contributed by atoms with Crippen molar-refractivity contribution in [3.05, 3.63) is 28.8 Å². The molecular weight excluding hydrogens is 516 g/mol. The Labute approximate surface area is 226 Å². The summed E-state index contributed by atoms with van der Waals surface area (Å²) in [4.78, 5) is 75.0. The van der Waals surface area contributed by atoms with Crippen LogP contribution < -0.4 is 16.0 Å². The number of nitrogens with zero attached hydrogens (tertiary/aromatic N) is 1. The molecule has 11 nitrogen and oxygen atoms in total. The maximum atomic E-state index is 13.6. The van der Waals surface area contributed by atoms with Crippen LogP contribution in [0.2, 0.25) is 5.02 Å². The Kier molecular flexibility index (Phi) is 10.4. The van der Waals surface area contributed by atoms with Gasteiger partial charge in [0.15, 0.2) is 0 Å². The number of likely N-dealkylation sites (tertiary alicyclic amines) is 1. The van der Waals surface area contributed by atoms with Crippen LogP contribution in [0.3, 0.4) is 0 Å². The number of aldehydes is 1. The summed E-state index contributed by atoms with van der Waals surface area (Å²) in [6.45, 7) is 9.05. The third kappa shape index (κ3) is 8.01. The molecule has 1 aliphatic heterocycles. The highest BCUT2D eigenvalue weighted by Crippen LogP contribution is 2.27. The van der Waals surface area contributed by atoms with Crippen LogP contribution in [0.15, 0.2) is 18.2 Å². The average molecular weight is 551 g/mol. The zero-order chi connectivity index (χ0) is 28.8. The zero-order valence-corrected chi connectivity index (χ0v) is 22.9. The number of carboxylic acids is 1. The van der Waals surface area contributed by atoms with E-state index in [0.717, 1.165) is 0 Å². The minimum absolute atomic E-state index is 0.0842. The van der Waals surface area contributed by atoms with Gasteiger partial charge in [-0.3, -0.25) is 24.0 Å². The number of rotatable bonds is 10. The predicted octanol–water partition coefficient (Wildman–Crippen LogP) is 2.23. The number of carboxylic acid groups (broad SMARTS) is 1. The molecule has 4 N–H and O–H groups in total. The fraction of sp³-hybridized carbons (Fsp3) is 0.538. The molecule has 1 aromatic rings. The molecule has 12 heteroatoms. The maximum Gasteiger partial charge on any atom is 0.305 e. The van der Waals surface area contributed by atoms with E-state index < -0.39 is 53.7 Å². The largest absolute Gasteiger partial charge is 0.481 e. The summed E-state index contributed by atoms with van der Waals surface area (Å²) in [6.07, 6.45) is 0.622. The first-order chi connectivity index (χ1) is 17.6. The van der Waals surface area contributed by atoms with Crippen LogP contribution in [0.4, 0.5) is 5.69 Å². The highest BCUT2D eigenvalue weighted by molar-refractivity contribution is 6.34. The molecule has 1 aliphatic rings. The quantitative estimate of drug-likeness (QED) is 0.325. The second kappa shape index (κ2) is 12.9. The van der Waals surface area contributed by atoms with Crippen molar-refractivity contribution in [2.45, 2.75) is 72.0 Å². The Bertz CT molecular complexity index is 1100. The minimum atomic E-state index is -1.24. The van der Waals surface area contributed by atoms with Crippen LogP contribution in [0, 0.1) is 11.3 Å². The molecule has 0 unspecified atom stereocenters. The number of carbonyl (C=O) groups is 6. The number of anilines is 1. The van der Waals surface area contributed by atoms with E-state index in [1.165, 1.54) is 23.1 Å². The number of carbonyl (C=O) groups excluding carboxylic acids is 5. The lowest BCUT2D eigenvalue weighted by molar-refractivity contribution is -0.143. The second-order valence-corrected chi connectivity index (χ2v) is 11.1. The number of amides is 4. The molecule has 0 radical (unpaired) electrons. The molecule has 0 aliphatic carbocycles. The van der Waals surface area contributed by atoms with E-state index in [0.29, 0.717) is 24.8 Å². The predicted molar refractivity (Wildman–Crippen MR) is 141 cm³/mol. The van der Waals surface area contributed by atoms with E-state index in [2.05, 4.69) is 16.0 Å². The molecule has 0 bridgehead atoms. The van der Waals surface area contributed by atoms with Crippen molar-refractivity contribution in [1.29, 1.82) is 0 Å². The summed E-state index contributed by atoms with van der Waals surface area (Å²) >= 11 is 6.32. The van der Waals surface area contributed by atoms with Crippen molar-refractivity contribution in [2.75, 3.05) is 11.9 Å². The number of hydrogen-bond donors (Lipinski definition) is 4. The van der Waals surface area contributed by atoms with Gasteiger partial charge in [-0.15, -0.1) is 0 Å². The zero-order valence-electron chi connectivity index (χ0n) is 22.2. The van der Waals surface area contributed by atoms with Gasteiger partial charge in [-0.25, -0.2) is 0 Å². The van der Waals surface area contributed by atoms with Crippen LogP contribution in [0.5, 0.6) is 0 Å². The molecule has 0 saturated carbocycles. The van der Waals surface area contributed by atoms with Crippen molar-refractivity contribution in [3.63, 3.8) is 0 Å². The average Bonchev–Trinajstić information content (AvgIpc) is 3.30. The molecular formula is C26H35ClN4O7. The van der Waals surface area contributed by atoms with Crippen LogP contribution in [-0.2, 0) is 24.0 Å². The molecule has 1 heterocycles. The molecule has 0 spiro atoms. The number of hydrogen-bond acceptors (Lipinski definition) is 6. The number of aliphatic carboxylic acids is 1. The van der Waals surface area contributed by atoms with Gasteiger partial charge in [0.05, 0.1) is 23.0 Å². The Morgan fingerprint density at radius 3 is 2.34 bits per heavy atom. The number of benzene rings is 1. The van der Waals surface area contributed by atoms with Crippen molar-refractivity contribution in [1.82, 2.24) is 15.5 Å². The lowest BCUT2D eigenvalue weighted by atomic mass is 9.85. The van der Waals surface area contributed by atoms with Crippen LogP contribution in [0.1, 0.15) is 64.2 Å². The molecule has 1 aromatic carbocycles. The fourth-order valence-electron chi connectivity index (χ4n) is 3.99. The third-order valence-electron chi connectivity index (χ3n) is 6.12. The summed E-state index contributed by atoms with van der Waals surface area (Å²) in [5, 5.41) is 16.8. The third-order valence-corrected chi connectivity index (χ3v) is 6.43. The molecule has 1 fully saturated rings. The summed E-state index contributed by atoms with van der Waals surface area (Å²) in [7, 11) is 0. The maximum absolute atomic E-state index is 13.6. The van der Waals surface area contributed by atoms with Crippen LogP contribution >= 0.6 is 11.6 Å². The first-order valence-electron chi connectivity index (χ1n) is 12.3. The first kappa shape index (κ1) is 30.8. The molecule has 0 aromatic heterocycles. The van der Waals surface area contributed by atoms with Gasteiger partial charge < -0.3 is 30.8 Å². The lowest BCUT2D eigenvalue weighted by Crippen LogP contribution is -2.58. The van der Waals surface area contributed by atoms with Crippen molar-refractivity contribution in [3.8, 4) is 0 Å². The molecule has 208 valence electrons. The topological polar surface area (TPSA) is 162 Å². The van der Waals surface area contributed by atoms with Gasteiger partial charge in [0, 0.05) is 18.2 Å². The van der Waals surface area contributed by atoms with Gasteiger partial charge in [0.1, 0.15) is 18.4 Å². The van der Waals surface area contributed by atoms with Crippen molar-refractivity contribution in [2.24, 2.45) is 11.3 Å². The van der Waals surface area contributed by atoms with E-state index in [1.807, 2.05) is 0 Å². The van der Waals surface area contributed by atoms with Crippen molar-refractivity contribution < 1.29 is 33.9 Å². The van der Waals surface area contributed by atoms with Gasteiger partial charge in [-0.2, -0.15) is 0 Å². The molecule has 3 atom stereocenters. The van der Waals surface area contributed by atoms with Gasteiger partial charge >= 0.3 is 5.97 Å². The SMILES string of the molecule is CC(C)C(=O)Nc1ccc(C(=O)N[C@H](C(=O)N2CCC[C@H]2C(=O)N[C@H](C=O)CC(=O)O)C(C)(C)C)c(Cl)c1. The highest BCUT2D eigenvalue weighted by atomic mass is 35.5. The smallest absolute Gasteiger partial charge is 0.305 e. The Morgan fingerprint density at radius 1 is 1.16 bits per heavy atom. The normalized spacial score (nSPS) is 16.9.